The predicted molar refractivity (Wildman–Crippen MR) is 49.1 cm³/mol. The maximum atomic E-state index is 10.7. The van der Waals surface area contributed by atoms with Crippen LogP contribution in [0.5, 0.6) is 0 Å². The Balaban J connectivity index is 3.20. The van der Waals surface area contributed by atoms with Gasteiger partial charge < -0.3 is 19.8 Å². The summed E-state index contributed by atoms with van der Waals surface area (Å²) in [5.74, 6) is -2.60. The summed E-state index contributed by atoms with van der Waals surface area (Å²) in [5.41, 5.74) is 0.504. The number of aryl methyl sites for hydroxylation is 1. The quantitative estimate of drug-likeness (QED) is 0.656. The molecule has 0 unspecified atom stereocenters. The fourth-order valence-electron chi connectivity index (χ4n) is 1.40. The Morgan fingerprint density at radius 1 is 1.20 bits per heavy atom. The number of carbonyl (C=O) groups excluding carboxylic acids is 2. The van der Waals surface area contributed by atoms with E-state index >= 15 is 0 Å². The molecule has 0 fully saturated rings. The maximum Gasteiger partial charge on any atom is 0.0718 e. The summed E-state index contributed by atoms with van der Waals surface area (Å²) in [4.78, 5) is 21.3. The lowest BCUT2D eigenvalue weighted by atomic mass is 10.0. The van der Waals surface area contributed by atoms with E-state index in [-0.39, 0.29) is 11.1 Å². The first-order valence-electron chi connectivity index (χ1n) is 4.62. The molecule has 4 heteroatoms. The van der Waals surface area contributed by atoms with Gasteiger partial charge in [0.2, 0.25) is 0 Å². The maximum absolute atomic E-state index is 10.7. The minimum absolute atomic E-state index is 0.0107. The molecule has 15 heavy (non-hydrogen) atoms. The van der Waals surface area contributed by atoms with E-state index in [9.17, 15) is 19.8 Å². The first-order chi connectivity index (χ1) is 7.06. The number of aromatic carboxylic acids is 2. The summed E-state index contributed by atoms with van der Waals surface area (Å²) < 4.78 is 0. The van der Waals surface area contributed by atoms with Crippen LogP contribution in [-0.4, -0.2) is 11.9 Å². The highest BCUT2D eigenvalue weighted by Crippen LogP contribution is 2.13. The van der Waals surface area contributed by atoms with Gasteiger partial charge in [-0.3, -0.25) is 0 Å². The van der Waals surface area contributed by atoms with E-state index in [1.165, 1.54) is 18.2 Å². The van der Waals surface area contributed by atoms with Gasteiger partial charge in [-0.25, -0.2) is 0 Å². The molecule has 0 bridgehead atoms. The van der Waals surface area contributed by atoms with Gasteiger partial charge in [-0.15, -0.1) is 0 Å². The van der Waals surface area contributed by atoms with E-state index in [0.29, 0.717) is 12.0 Å². The summed E-state index contributed by atoms with van der Waals surface area (Å²) >= 11 is 0. The summed E-state index contributed by atoms with van der Waals surface area (Å²) in [6.07, 6.45) is 1.24. The monoisotopic (exact) mass is 206 g/mol. The minimum Gasteiger partial charge on any atom is -0.545 e. The van der Waals surface area contributed by atoms with E-state index in [2.05, 4.69) is 0 Å². The molecular weight excluding hydrogens is 196 g/mol. The van der Waals surface area contributed by atoms with Crippen molar-refractivity contribution in [3.63, 3.8) is 0 Å². The zero-order valence-electron chi connectivity index (χ0n) is 8.28. The average molecular weight is 206 g/mol. The van der Waals surface area contributed by atoms with Crippen LogP contribution in [0.3, 0.4) is 0 Å². The second-order valence-electron chi connectivity index (χ2n) is 3.20. The number of hydrogen-bond acceptors (Lipinski definition) is 4. The van der Waals surface area contributed by atoms with E-state index in [1.54, 1.807) is 0 Å². The van der Waals surface area contributed by atoms with E-state index < -0.39 is 11.9 Å². The van der Waals surface area contributed by atoms with Crippen molar-refractivity contribution in [3.05, 3.63) is 34.9 Å². The third kappa shape index (κ3) is 2.56. The van der Waals surface area contributed by atoms with Crippen molar-refractivity contribution in [2.24, 2.45) is 0 Å². The molecule has 0 radical (unpaired) electrons. The summed E-state index contributed by atoms with van der Waals surface area (Å²) in [5, 5.41) is 21.3. The minimum atomic E-state index is -1.31. The molecule has 80 valence electrons. The fourth-order valence-corrected chi connectivity index (χ4v) is 1.40. The van der Waals surface area contributed by atoms with Gasteiger partial charge in [0.05, 0.1) is 11.9 Å². The van der Waals surface area contributed by atoms with Crippen LogP contribution in [0.25, 0.3) is 0 Å². The zero-order chi connectivity index (χ0) is 11.4. The van der Waals surface area contributed by atoms with Crippen molar-refractivity contribution < 1.29 is 19.8 Å². The Morgan fingerprint density at radius 3 is 2.33 bits per heavy atom. The molecule has 0 atom stereocenters. The lowest BCUT2D eigenvalue weighted by Crippen LogP contribution is -2.26. The topological polar surface area (TPSA) is 80.3 Å². The van der Waals surface area contributed by atoms with Gasteiger partial charge in [-0.05, 0) is 23.6 Å². The molecule has 0 aliphatic rings. The van der Waals surface area contributed by atoms with Gasteiger partial charge in [0.15, 0.2) is 0 Å². The van der Waals surface area contributed by atoms with Crippen LogP contribution in [0.4, 0.5) is 0 Å². The molecule has 0 spiro atoms. The molecule has 0 aromatic heterocycles. The molecule has 1 rings (SSSR count). The summed E-state index contributed by atoms with van der Waals surface area (Å²) in [7, 11) is 0. The molecule has 0 amide bonds. The highest BCUT2D eigenvalue weighted by Gasteiger charge is 2.04. The number of carboxylic acids is 2. The van der Waals surface area contributed by atoms with Crippen LogP contribution in [-0.2, 0) is 6.42 Å². The third-order valence-corrected chi connectivity index (χ3v) is 2.08. The Hall–Kier alpha value is -1.84. The van der Waals surface area contributed by atoms with E-state index in [4.69, 9.17) is 0 Å². The standard InChI is InChI=1S/C11H12O4/c1-2-3-7-6-8(10(12)13)4-5-9(7)11(14)15/h4-6H,2-3H2,1H3,(H,12,13)(H,14,15)/p-2. The largest absolute Gasteiger partial charge is 0.545 e. The highest BCUT2D eigenvalue weighted by molar-refractivity contribution is 5.91. The number of carbonyl (C=O) groups is 2. The van der Waals surface area contributed by atoms with Crippen LogP contribution in [0.2, 0.25) is 0 Å². The van der Waals surface area contributed by atoms with Crippen molar-refractivity contribution in [1.29, 1.82) is 0 Å². The van der Waals surface area contributed by atoms with Gasteiger partial charge in [-0.1, -0.05) is 25.5 Å². The van der Waals surface area contributed by atoms with Crippen LogP contribution >= 0.6 is 0 Å². The Kier molecular flexibility index (Phi) is 3.44. The molecule has 1 aromatic rings. The van der Waals surface area contributed by atoms with Crippen molar-refractivity contribution >= 4 is 11.9 Å². The Labute approximate surface area is 87.2 Å². The summed E-state index contributed by atoms with van der Waals surface area (Å²) in [6, 6.07) is 3.77. The van der Waals surface area contributed by atoms with Crippen LogP contribution < -0.4 is 10.2 Å². The second kappa shape index (κ2) is 4.59. The molecule has 4 nitrogen and oxygen atoms in total. The van der Waals surface area contributed by atoms with Crippen molar-refractivity contribution in [2.75, 3.05) is 0 Å². The molecular formula is C11H10O4-2. The zero-order valence-corrected chi connectivity index (χ0v) is 8.28. The van der Waals surface area contributed by atoms with Crippen molar-refractivity contribution in [1.82, 2.24) is 0 Å². The van der Waals surface area contributed by atoms with Crippen molar-refractivity contribution in [3.8, 4) is 0 Å². The van der Waals surface area contributed by atoms with Gasteiger partial charge in [0.1, 0.15) is 0 Å². The number of hydrogen-bond donors (Lipinski definition) is 0. The average Bonchev–Trinajstić information content (AvgIpc) is 2.17. The first-order valence-corrected chi connectivity index (χ1v) is 4.62. The SMILES string of the molecule is CCCc1cc(C(=O)[O-])ccc1C(=O)[O-]. The molecule has 0 aliphatic heterocycles. The molecule has 0 heterocycles. The fraction of sp³-hybridized carbons (Fsp3) is 0.273. The second-order valence-corrected chi connectivity index (χ2v) is 3.20. The lowest BCUT2D eigenvalue weighted by Gasteiger charge is -2.12. The van der Waals surface area contributed by atoms with Crippen LogP contribution in [0, 0.1) is 0 Å². The highest BCUT2D eigenvalue weighted by atomic mass is 16.4. The van der Waals surface area contributed by atoms with Crippen LogP contribution in [0.1, 0.15) is 39.6 Å². The Morgan fingerprint density at radius 2 is 1.87 bits per heavy atom. The molecule has 0 saturated carbocycles. The third-order valence-electron chi connectivity index (χ3n) is 2.08. The lowest BCUT2D eigenvalue weighted by molar-refractivity contribution is -0.256. The van der Waals surface area contributed by atoms with Gasteiger partial charge in [-0.2, -0.15) is 0 Å². The van der Waals surface area contributed by atoms with Crippen molar-refractivity contribution in [2.45, 2.75) is 19.8 Å². The van der Waals surface area contributed by atoms with Gasteiger partial charge >= 0.3 is 0 Å². The number of benzene rings is 1. The predicted octanol–water partition coefficient (Wildman–Crippen LogP) is -0.634. The number of carboxylic acid groups (broad SMARTS) is 2. The normalized spacial score (nSPS) is 9.93. The smallest absolute Gasteiger partial charge is 0.0718 e. The molecule has 0 aliphatic carbocycles. The molecule has 0 saturated heterocycles. The Bertz CT molecular complexity index is 396. The first kappa shape index (κ1) is 11.2. The molecule has 1 aromatic carbocycles. The number of rotatable bonds is 4. The van der Waals surface area contributed by atoms with E-state index in [1.807, 2.05) is 6.92 Å². The van der Waals surface area contributed by atoms with Gasteiger partial charge in [0, 0.05) is 5.56 Å². The van der Waals surface area contributed by atoms with E-state index in [0.717, 1.165) is 6.42 Å². The van der Waals surface area contributed by atoms with Crippen LogP contribution in [0.15, 0.2) is 18.2 Å². The van der Waals surface area contributed by atoms with Gasteiger partial charge in [0.25, 0.3) is 0 Å². The molecule has 0 N–H and O–H groups in total. The summed E-state index contributed by atoms with van der Waals surface area (Å²) in [6.45, 7) is 1.88.